The second-order valence-corrected chi connectivity index (χ2v) is 5.79. The van der Waals surface area contributed by atoms with Crippen LogP contribution >= 0.6 is 24.0 Å². The first-order valence-corrected chi connectivity index (χ1v) is 7.53. The average molecular weight is 358 g/mol. The quantitative estimate of drug-likeness (QED) is 0.910. The van der Waals surface area contributed by atoms with Crippen LogP contribution in [-0.4, -0.2) is 24.1 Å². The Morgan fingerprint density at radius 1 is 1.35 bits per heavy atom. The summed E-state index contributed by atoms with van der Waals surface area (Å²) in [4.78, 5) is 6.45. The number of benzene rings is 1. The lowest BCUT2D eigenvalue weighted by atomic mass is 10.2. The Morgan fingerprint density at radius 3 is 2.70 bits per heavy atom. The molecule has 0 radical (unpaired) electrons. The Hall–Kier alpha value is -1.56. The molecule has 0 spiro atoms. The van der Waals surface area contributed by atoms with E-state index in [0.29, 0.717) is 17.4 Å². The van der Waals surface area contributed by atoms with Crippen LogP contribution < -0.4 is 15.4 Å². The Morgan fingerprint density at radius 2 is 2.09 bits per heavy atom. The van der Waals surface area contributed by atoms with Crippen LogP contribution in [0.5, 0.6) is 5.75 Å². The highest BCUT2D eigenvalue weighted by atomic mass is 35.5. The third-order valence-electron chi connectivity index (χ3n) is 3.64. The van der Waals surface area contributed by atoms with Crippen molar-refractivity contribution in [1.82, 2.24) is 4.98 Å². The van der Waals surface area contributed by atoms with Crippen LogP contribution in [0.25, 0.3) is 0 Å². The van der Waals surface area contributed by atoms with E-state index in [1.165, 1.54) is 12.1 Å². The van der Waals surface area contributed by atoms with Gasteiger partial charge in [-0.15, -0.1) is 12.4 Å². The topological polar surface area (TPSA) is 51.4 Å². The average Bonchev–Trinajstić information content (AvgIpc) is 2.93. The minimum atomic E-state index is -0.262. The molecule has 4 nitrogen and oxygen atoms in total. The van der Waals surface area contributed by atoms with Gasteiger partial charge in [-0.05, 0) is 24.1 Å². The number of anilines is 1. The number of hydrogen-bond acceptors (Lipinski definition) is 4. The summed E-state index contributed by atoms with van der Waals surface area (Å²) in [5.41, 5.74) is 6.78. The highest BCUT2D eigenvalue weighted by molar-refractivity contribution is 6.33. The molecular weight excluding hydrogens is 340 g/mol. The molecule has 1 aliphatic heterocycles. The molecule has 2 heterocycles. The third-order valence-corrected chi connectivity index (χ3v) is 3.92. The minimum Gasteiger partial charge on any atom is -0.487 e. The van der Waals surface area contributed by atoms with E-state index in [1.54, 1.807) is 24.4 Å². The summed E-state index contributed by atoms with van der Waals surface area (Å²) in [7, 11) is 0. The largest absolute Gasteiger partial charge is 0.487 e. The van der Waals surface area contributed by atoms with Crippen molar-refractivity contribution in [3.63, 3.8) is 0 Å². The van der Waals surface area contributed by atoms with Crippen molar-refractivity contribution in [3.05, 3.63) is 52.9 Å². The van der Waals surface area contributed by atoms with Crippen molar-refractivity contribution >= 4 is 29.8 Å². The molecule has 1 aromatic carbocycles. The van der Waals surface area contributed by atoms with Gasteiger partial charge in [-0.25, -0.2) is 9.37 Å². The molecule has 1 atom stereocenters. The van der Waals surface area contributed by atoms with Gasteiger partial charge in [-0.3, -0.25) is 0 Å². The van der Waals surface area contributed by atoms with Crippen molar-refractivity contribution in [2.24, 2.45) is 5.73 Å². The van der Waals surface area contributed by atoms with Crippen LogP contribution in [-0.2, 0) is 6.61 Å². The van der Waals surface area contributed by atoms with Gasteiger partial charge >= 0.3 is 0 Å². The third kappa shape index (κ3) is 4.47. The van der Waals surface area contributed by atoms with E-state index in [0.717, 1.165) is 30.9 Å². The summed E-state index contributed by atoms with van der Waals surface area (Å²) in [6.45, 7) is 1.97. The SMILES string of the molecule is Cl.N[C@@H]1CCN(c2ncc(OCc3ccc(F)cc3)cc2Cl)C1. The molecule has 1 aromatic heterocycles. The molecule has 0 bridgehead atoms. The van der Waals surface area contributed by atoms with Gasteiger partial charge in [0.25, 0.3) is 0 Å². The van der Waals surface area contributed by atoms with Gasteiger partial charge in [-0.1, -0.05) is 23.7 Å². The maximum atomic E-state index is 12.8. The molecule has 0 unspecified atom stereocenters. The summed E-state index contributed by atoms with van der Waals surface area (Å²) in [6.07, 6.45) is 2.59. The van der Waals surface area contributed by atoms with Gasteiger partial charge in [0.2, 0.25) is 0 Å². The molecule has 2 aromatic rings. The Bertz CT molecular complexity index is 654. The predicted octanol–water partition coefficient (Wildman–Crippen LogP) is 3.41. The Balaban J connectivity index is 0.00000192. The summed E-state index contributed by atoms with van der Waals surface area (Å²) < 4.78 is 18.5. The Labute approximate surface area is 145 Å². The van der Waals surface area contributed by atoms with E-state index >= 15 is 0 Å². The zero-order valence-electron chi connectivity index (χ0n) is 12.4. The van der Waals surface area contributed by atoms with Crippen LogP contribution in [0, 0.1) is 5.82 Å². The van der Waals surface area contributed by atoms with Crippen molar-refractivity contribution in [2.75, 3.05) is 18.0 Å². The summed E-state index contributed by atoms with van der Waals surface area (Å²) in [5.74, 6) is 1.06. The maximum Gasteiger partial charge on any atom is 0.147 e. The first-order chi connectivity index (χ1) is 10.6. The van der Waals surface area contributed by atoms with E-state index in [4.69, 9.17) is 22.1 Å². The highest BCUT2D eigenvalue weighted by Gasteiger charge is 2.22. The number of aromatic nitrogens is 1. The van der Waals surface area contributed by atoms with Crippen molar-refractivity contribution < 1.29 is 9.13 Å². The van der Waals surface area contributed by atoms with E-state index < -0.39 is 0 Å². The van der Waals surface area contributed by atoms with E-state index in [1.807, 2.05) is 0 Å². The number of nitrogens with zero attached hydrogens (tertiary/aromatic N) is 2. The van der Waals surface area contributed by atoms with Gasteiger partial charge in [0.1, 0.15) is 24.0 Å². The van der Waals surface area contributed by atoms with Crippen molar-refractivity contribution in [3.8, 4) is 5.75 Å². The summed E-state index contributed by atoms with van der Waals surface area (Å²) >= 11 is 6.29. The van der Waals surface area contributed by atoms with Crippen LogP contribution in [0.3, 0.4) is 0 Å². The predicted molar refractivity (Wildman–Crippen MR) is 92.0 cm³/mol. The van der Waals surface area contributed by atoms with Gasteiger partial charge in [0.15, 0.2) is 0 Å². The summed E-state index contributed by atoms with van der Waals surface area (Å²) in [6, 6.07) is 8.10. The fourth-order valence-electron chi connectivity index (χ4n) is 2.45. The standard InChI is InChI=1S/C16H17ClFN3O.ClH/c17-15-7-14(22-10-11-1-3-12(18)4-2-11)8-20-16(15)21-6-5-13(19)9-21;/h1-4,7-8,13H,5-6,9-10,19H2;1H/t13-;/m1./s1. The zero-order chi connectivity index (χ0) is 15.5. The monoisotopic (exact) mass is 357 g/mol. The van der Waals surface area contributed by atoms with Crippen LogP contribution in [0.2, 0.25) is 5.02 Å². The van der Waals surface area contributed by atoms with E-state index in [9.17, 15) is 4.39 Å². The normalized spacial score (nSPS) is 17.0. The number of halogens is 3. The van der Waals surface area contributed by atoms with Crippen LogP contribution in [0.15, 0.2) is 36.5 Å². The van der Waals surface area contributed by atoms with Crippen LogP contribution in [0.4, 0.5) is 10.2 Å². The number of nitrogens with two attached hydrogens (primary N) is 1. The first-order valence-electron chi connectivity index (χ1n) is 7.15. The summed E-state index contributed by atoms with van der Waals surface area (Å²) in [5, 5.41) is 0.547. The fourth-order valence-corrected chi connectivity index (χ4v) is 2.73. The minimum absolute atomic E-state index is 0. The lowest BCUT2D eigenvalue weighted by Gasteiger charge is -2.18. The lowest BCUT2D eigenvalue weighted by molar-refractivity contribution is 0.305. The molecule has 1 saturated heterocycles. The molecule has 7 heteroatoms. The lowest BCUT2D eigenvalue weighted by Crippen LogP contribution is -2.27. The van der Waals surface area contributed by atoms with Gasteiger partial charge in [-0.2, -0.15) is 0 Å². The number of rotatable bonds is 4. The second kappa shape index (κ2) is 7.81. The van der Waals surface area contributed by atoms with E-state index in [2.05, 4.69) is 9.88 Å². The van der Waals surface area contributed by atoms with Crippen LogP contribution in [0.1, 0.15) is 12.0 Å². The molecule has 1 aliphatic rings. The van der Waals surface area contributed by atoms with Gasteiger partial charge < -0.3 is 15.4 Å². The molecule has 0 aliphatic carbocycles. The van der Waals surface area contributed by atoms with Gasteiger partial charge in [0, 0.05) is 25.2 Å². The first kappa shape index (κ1) is 17.8. The van der Waals surface area contributed by atoms with Crippen molar-refractivity contribution in [1.29, 1.82) is 0 Å². The molecule has 0 amide bonds. The molecular formula is C16H18Cl2FN3O. The highest BCUT2D eigenvalue weighted by Crippen LogP contribution is 2.29. The number of ether oxygens (including phenoxy) is 1. The molecule has 124 valence electrons. The molecule has 2 N–H and O–H groups in total. The maximum absolute atomic E-state index is 12.8. The molecule has 1 fully saturated rings. The number of pyridine rings is 1. The van der Waals surface area contributed by atoms with Crippen molar-refractivity contribution in [2.45, 2.75) is 19.1 Å². The van der Waals surface area contributed by atoms with E-state index in [-0.39, 0.29) is 24.3 Å². The molecule has 3 rings (SSSR count). The molecule has 23 heavy (non-hydrogen) atoms. The Kier molecular flexibility index (Phi) is 6.04. The number of hydrogen-bond donors (Lipinski definition) is 1. The van der Waals surface area contributed by atoms with Gasteiger partial charge in [0.05, 0.1) is 11.2 Å². The second-order valence-electron chi connectivity index (χ2n) is 5.39. The fraction of sp³-hybridized carbons (Fsp3) is 0.312. The zero-order valence-corrected chi connectivity index (χ0v) is 14.0. The smallest absolute Gasteiger partial charge is 0.147 e. The molecule has 0 saturated carbocycles.